The van der Waals surface area contributed by atoms with Gasteiger partial charge in [0.25, 0.3) is 0 Å². The van der Waals surface area contributed by atoms with Crippen LogP contribution in [-0.2, 0) is 20.5 Å². The first-order chi connectivity index (χ1) is 8.63. The fraction of sp³-hybridized carbons (Fsp3) is 0.533. The molecule has 1 aromatic rings. The normalized spacial score (nSPS) is 23.2. The Morgan fingerprint density at radius 2 is 1.89 bits per heavy atom. The van der Waals surface area contributed by atoms with E-state index < -0.39 is 11.4 Å². The molecule has 0 saturated heterocycles. The number of carboxylic acid groups (broad SMARTS) is 1. The van der Waals surface area contributed by atoms with Crippen LogP contribution in [0.3, 0.4) is 0 Å². The molecule has 0 amide bonds. The highest BCUT2D eigenvalue weighted by molar-refractivity contribution is 5.82. The summed E-state index contributed by atoms with van der Waals surface area (Å²) < 4.78 is 5.57. The van der Waals surface area contributed by atoms with Crippen LogP contribution in [0.4, 0.5) is 0 Å². The predicted octanol–water partition coefficient (Wildman–Crippen LogP) is 2.83. The highest BCUT2D eigenvalue weighted by Crippen LogP contribution is 2.50. The van der Waals surface area contributed by atoms with E-state index in [4.69, 9.17) is 4.74 Å². The minimum atomic E-state index is -0.687. The van der Waals surface area contributed by atoms with E-state index in [1.807, 2.05) is 24.3 Å². The van der Waals surface area contributed by atoms with Crippen molar-refractivity contribution in [1.82, 2.24) is 0 Å². The largest absolute Gasteiger partial charge is 0.481 e. The minimum Gasteiger partial charge on any atom is -0.481 e. The lowest BCUT2D eigenvalue weighted by atomic mass is 9.64. The molecule has 0 aliphatic heterocycles. The van der Waals surface area contributed by atoms with E-state index in [0.29, 0.717) is 0 Å². The Morgan fingerprint density at radius 3 is 2.33 bits per heavy atom. The molecule has 0 aromatic heterocycles. The second-order valence-electron chi connectivity index (χ2n) is 5.52. The second kappa shape index (κ2) is 3.82. The summed E-state index contributed by atoms with van der Waals surface area (Å²) in [5.41, 5.74) is 1.30. The van der Waals surface area contributed by atoms with Gasteiger partial charge < -0.3 is 9.84 Å². The molecule has 2 fully saturated rings. The summed E-state index contributed by atoms with van der Waals surface area (Å²) in [4.78, 5) is 11.5. The Labute approximate surface area is 107 Å². The molecular formula is C15H18O3. The van der Waals surface area contributed by atoms with Crippen molar-refractivity contribution in [3.8, 4) is 0 Å². The van der Waals surface area contributed by atoms with Crippen LogP contribution in [0.25, 0.3) is 0 Å². The highest BCUT2D eigenvalue weighted by Gasteiger charge is 2.48. The van der Waals surface area contributed by atoms with E-state index in [-0.39, 0.29) is 5.60 Å². The maximum Gasteiger partial charge on any atom is 0.314 e. The highest BCUT2D eigenvalue weighted by atomic mass is 16.5. The number of hydrogen-bond donors (Lipinski definition) is 1. The zero-order valence-electron chi connectivity index (χ0n) is 10.6. The average Bonchev–Trinajstić information content (AvgIpc) is 3.08. The average molecular weight is 246 g/mol. The van der Waals surface area contributed by atoms with E-state index in [2.05, 4.69) is 0 Å². The molecule has 0 radical (unpaired) electrons. The fourth-order valence-electron chi connectivity index (χ4n) is 2.98. The molecule has 18 heavy (non-hydrogen) atoms. The molecule has 96 valence electrons. The van der Waals surface area contributed by atoms with Crippen molar-refractivity contribution in [3.05, 3.63) is 35.4 Å². The third-order valence-corrected chi connectivity index (χ3v) is 4.65. The molecule has 0 bridgehead atoms. The number of rotatable bonds is 4. The minimum absolute atomic E-state index is 0.139. The molecule has 3 rings (SSSR count). The lowest BCUT2D eigenvalue weighted by molar-refractivity contribution is -0.147. The summed E-state index contributed by atoms with van der Waals surface area (Å²) in [7, 11) is 1.73. The van der Waals surface area contributed by atoms with Crippen molar-refractivity contribution < 1.29 is 14.6 Å². The van der Waals surface area contributed by atoms with Gasteiger partial charge in [0, 0.05) is 7.11 Å². The Balaban J connectivity index is 1.99. The Kier molecular flexibility index (Phi) is 2.49. The number of carboxylic acids is 1. The first-order valence-corrected chi connectivity index (χ1v) is 6.53. The van der Waals surface area contributed by atoms with Crippen LogP contribution in [0.2, 0.25) is 0 Å². The van der Waals surface area contributed by atoms with E-state index in [0.717, 1.165) is 43.2 Å². The van der Waals surface area contributed by atoms with Crippen molar-refractivity contribution in [3.63, 3.8) is 0 Å². The molecule has 0 heterocycles. The van der Waals surface area contributed by atoms with Crippen molar-refractivity contribution in [2.75, 3.05) is 7.11 Å². The van der Waals surface area contributed by atoms with Gasteiger partial charge in [0.1, 0.15) is 0 Å². The maximum absolute atomic E-state index is 11.5. The van der Waals surface area contributed by atoms with Crippen LogP contribution in [0.1, 0.15) is 43.2 Å². The summed E-state index contributed by atoms with van der Waals surface area (Å²) in [5, 5.41) is 9.47. The molecule has 0 unspecified atom stereocenters. The smallest absolute Gasteiger partial charge is 0.314 e. The van der Waals surface area contributed by atoms with Gasteiger partial charge in [0.15, 0.2) is 0 Å². The Hall–Kier alpha value is -1.35. The SMILES string of the molecule is COC1(c2cccc(C3(C(=O)O)CCC3)c2)CC1. The van der Waals surface area contributed by atoms with E-state index in [9.17, 15) is 9.90 Å². The number of carbonyl (C=O) groups is 1. The first kappa shape index (κ1) is 11.7. The zero-order valence-corrected chi connectivity index (χ0v) is 10.6. The molecule has 2 aliphatic carbocycles. The number of ether oxygens (including phenoxy) is 1. The Morgan fingerprint density at radius 1 is 1.22 bits per heavy atom. The summed E-state index contributed by atoms with van der Waals surface area (Å²) in [6.07, 6.45) is 4.59. The van der Waals surface area contributed by atoms with Crippen molar-refractivity contribution in [2.24, 2.45) is 0 Å². The van der Waals surface area contributed by atoms with Crippen LogP contribution < -0.4 is 0 Å². The van der Waals surface area contributed by atoms with Crippen molar-refractivity contribution >= 4 is 5.97 Å². The number of benzene rings is 1. The lowest BCUT2D eigenvalue weighted by Crippen LogP contribution is -2.42. The van der Waals surface area contributed by atoms with Crippen molar-refractivity contribution in [1.29, 1.82) is 0 Å². The van der Waals surface area contributed by atoms with Crippen LogP contribution in [-0.4, -0.2) is 18.2 Å². The van der Waals surface area contributed by atoms with Gasteiger partial charge in [-0.2, -0.15) is 0 Å². The van der Waals surface area contributed by atoms with Gasteiger partial charge in [-0.15, -0.1) is 0 Å². The monoisotopic (exact) mass is 246 g/mol. The van der Waals surface area contributed by atoms with Gasteiger partial charge in [-0.25, -0.2) is 0 Å². The summed E-state index contributed by atoms with van der Waals surface area (Å²) in [6, 6.07) is 8.01. The van der Waals surface area contributed by atoms with Gasteiger partial charge in [0.05, 0.1) is 11.0 Å². The zero-order chi connectivity index (χ0) is 12.8. The van der Waals surface area contributed by atoms with Crippen LogP contribution in [0.15, 0.2) is 24.3 Å². The van der Waals surface area contributed by atoms with Gasteiger partial charge in [-0.1, -0.05) is 30.7 Å². The molecule has 2 saturated carbocycles. The summed E-state index contributed by atoms with van der Waals surface area (Å²) in [5.74, 6) is -0.687. The van der Waals surface area contributed by atoms with Gasteiger partial charge >= 0.3 is 5.97 Å². The predicted molar refractivity (Wildman–Crippen MR) is 67.5 cm³/mol. The third kappa shape index (κ3) is 1.50. The van der Waals surface area contributed by atoms with Gasteiger partial charge in [-0.3, -0.25) is 4.79 Å². The van der Waals surface area contributed by atoms with Gasteiger partial charge in [0.2, 0.25) is 0 Å². The molecule has 2 aliphatic rings. The summed E-state index contributed by atoms with van der Waals surface area (Å²) in [6.45, 7) is 0. The van der Waals surface area contributed by atoms with Gasteiger partial charge in [-0.05, 0) is 36.8 Å². The topological polar surface area (TPSA) is 46.5 Å². The molecular weight excluding hydrogens is 228 g/mol. The number of methoxy groups -OCH3 is 1. The van der Waals surface area contributed by atoms with Crippen LogP contribution in [0, 0.1) is 0 Å². The lowest BCUT2D eigenvalue weighted by Gasteiger charge is -2.38. The number of hydrogen-bond acceptors (Lipinski definition) is 2. The molecule has 0 spiro atoms. The molecule has 3 heteroatoms. The van der Waals surface area contributed by atoms with Crippen molar-refractivity contribution in [2.45, 2.75) is 43.1 Å². The first-order valence-electron chi connectivity index (χ1n) is 6.53. The molecule has 0 atom stereocenters. The fourth-order valence-corrected chi connectivity index (χ4v) is 2.98. The Bertz CT molecular complexity index is 484. The molecule has 1 aromatic carbocycles. The van der Waals surface area contributed by atoms with Crippen LogP contribution >= 0.6 is 0 Å². The third-order valence-electron chi connectivity index (χ3n) is 4.65. The maximum atomic E-state index is 11.5. The van der Waals surface area contributed by atoms with Crippen LogP contribution in [0.5, 0.6) is 0 Å². The number of aliphatic carboxylic acids is 1. The molecule has 3 nitrogen and oxygen atoms in total. The second-order valence-corrected chi connectivity index (χ2v) is 5.52. The summed E-state index contributed by atoms with van der Waals surface area (Å²) >= 11 is 0. The quantitative estimate of drug-likeness (QED) is 0.888. The van der Waals surface area contributed by atoms with E-state index >= 15 is 0 Å². The standard InChI is InChI=1S/C15H18O3/c1-18-15(8-9-15)12-5-2-4-11(10-12)14(13(16)17)6-3-7-14/h2,4-5,10H,3,6-9H2,1H3,(H,16,17). The van der Waals surface area contributed by atoms with E-state index in [1.54, 1.807) is 7.11 Å². The van der Waals surface area contributed by atoms with E-state index in [1.165, 1.54) is 0 Å². The molecule has 1 N–H and O–H groups in total.